The molecule has 0 radical (unpaired) electrons. The molecule has 3 amide bonds. The van der Waals surface area contributed by atoms with Gasteiger partial charge in [0.2, 0.25) is 11.8 Å². The SMILES string of the molecule is Cc1cc(CNC(=O)c2ccc([C@@H](C)[C@]3(C)CC(=O)NC3=O)cn2)cc(C2CC2)n1. The first-order valence-corrected chi connectivity index (χ1v) is 10.3. The summed E-state index contributed by atoms with van der Waals surface area (Å²) in [6.45, 7) is 6.07. The van der Waals surface area contributed by atoms with Crippen molar-refractivity contribution >= 4 is 17.7 Å². The van der Waals surface area contributed by atoms with Gasteiger partial charge in [-0.15, -0.1) is 0 Å². The van der Waals surface area contributed by atoms with Crippen LogP contribution in [0.4, 0.5) is 0 Å². The summed E-state index contributed by atoms with van der Waals surface area (Å²) in [4.78, 5) is 45.2. The lowest BCUT2D eigenvalue weighted by Gasteiger charge is -2.27. The Hall–Kier alpha value is -3.09. The van der Waals surface area contributed by atoms with E-state index in [2.05, 4.69) is 26.7 Å². The molecule has 3 heterocycles. The zero-order valence-electron chi connectivity index (χ0n) is 17.5. The van der Waals surface area contributed by atoms with E-state index in [9.17, 15) is 14.4 Å². The number of hydrogen-bond donors (Lipinski definition) is 2. The van der Waals surface area contributed by atoms with E-state index in [4.69, 9.17) is 0 Å². The van der Waals surface area contributed by atoms with E-state index in [0.29, 0.717) is 18.2 Å². The molecule has 2 aromatic rings. The Morgan fingerprint density at radius 2 is 2.07 bits per heavy atom. The molecule has 0 bridgehead atoms. The molecule has 0 spiro atoms. The summed E-state index contributed by atoms with van der Waals surface area (Å²) in [5.41, 5.74) is 3.43. The predicted molar refractivity (Wildman–Crippen MR) is 111 cm³/mol. The Kier molecular flexibility index (Phi) is 5.13. The molecule has 1 aliphatic carbocycles. The van der Waals surface area contributed by atoms with Crippen LogP contribution in [0.5, 0.6) is 0 Å². The van der Waals surface area contributed by atoms with Crippen LogP contribution >= 0.6 is 0 Å². The van der Waals surface area contributed by atoms with Gasteiger partial charge >= 0.3 is 0 Å². The topological polar surface area (TPSA) is 101 Å². The van der Waals surface area contributed by atoms with Crippen LogP contribution in [0.3, 0.4) is 0 Å². The minimum absolute atomic E-state index is 0.156. The summed E-state index contributed by atoms with van der Waals surface area (Å²) >= 11 is 0. The van der Waals surface area contributed by atoms with Gasteiger partial charge in [0.25, 0.3) is 5.91 Å². The van der Waals surface area contributed by atoms with Crippen LogP contribution in [0, 0.1) is 12.3 Å². The van der Waals surface area contributed by atoms with E-state index in [0.717, 1.165) is 22.5 Å². The molecular weight excluding hydrogens is 380 g/mol. The van der Waals surface area contributed by atoms with E-state index >= 15 is 0 Å². The van der Waals surface area contributed by atoms with E-state index in [1.807, 2.05) is 19.9 Å². The number of hydrogen-bond acceptors (Lipinski definition) is 5. The Bertz CT molecular complexity index is 1010. The minimum atomic E-state index is -0.805. The first kappa shape index (κ1) is 20.2. The van der Waals surface area contributed by atoms with E-state index in [-0.39, 0.29) is 30.1 Å². The van der Waals surface area contributed by atoms with Gasteiger partial charge in [-0.2, -0.15) is 0 Å². The normalized spacial score (nSPS) is 22.0. The molecule has 2 atom stereocenters. The number of pyridine rings is 2. The van der Waals surface area contributed by atoms with Crippen LogP contribution in [-0.4, -0.2) is 27.7 Å². The predicted octanol–water partition coefficient (Wildman–Crippen LogP) is 2.75. The number of aromatic nitrogens is 2. The lowest BCUT2D eigenvalue weighted by Crippen LogP contribution is -2.33. The van der Waals surface area contributed by atoms with E-state index < -0.39 is 5.41 Å². The van der Waals surface area contributed by atoms with Crippen LogP contribution in [-0.2, 0) is 16.1 Å². The van der Waals surface area contributed by atoms with Gasteiger partial charge in [0.15, 0.2) is 0 Å². The summed E-state index contributed by atoms with van der Waals surface area (Å²) < 4.78 is 0. The van der Waals surface area contributed by atoms with Crippen molar-refractivity contribution in [3.05, 3.63) is 58.7 Å². The van der Waals surface area contributed by atoms with Gasteiger partial charge in [0, 0.05) is 36.5 Å². The summed E-state index contributed by atoms with van der Waals surface area (Å²) in [5, 5.41) is 5.29. The highest BCUT2D eigenvalue weighted by atomic mass is 16.2. The highest BCUT2D eigenvalue weighted by Gasteiger charge is 2.47. The van der Waals surface area contributed by atoms with Crippen LogP contribution in [0.25, 0.3) is 0 Å². The fourth-order valence-electron chi connectivity index (χ4n) is 3.97. The third kappa shape index (κ3) is 3.97. The molecule has 0 aromatic carbocycles. The maximum Gasteiger partial charge on any atom is 0.270 e. The quantitative estimate of drug-likeness (QED) is 0.719. The molecule has 1 saturated heterocycles. The lowest BCUT2D eigenvalue weighted by molar-refractivity contribution is -0.128. The van der Waals surface area contributed by atoms with Gasteiger partial charge in [-0.3, -0.25) is 29.7 Å². The van der Waals surface area contributed by atoms with Crippen molar-refractivity contribution in [1.82, 2.24) is 20.6 Å². The number of nitrogens with one attached hydrogen (secondary N) is 2. The number of rotatable bonds is 6. The van der Waals surface area contributed by atoms with Crippen molar-refractivity contribution in [1.29, 1.82) is 0 Å². The van der Waals surface area contributed by atoms with Crippen molar-refractivity contribution in [2.45, 2.75) is 58.4 Å². The summed E-state index contributed by atoms with van der Waals surface area (Å²) in [7, 11) is 0. The molecule has 1 aliphatic heterocycles. The Balaban J connectivity index is 1.41. The summed E-state index contributed by atoms with van der Waals surface area (Å²) in [6.07, 6.45) is 4.14. The smallest absolute Gasteiger partial charge is 0.270 e. The average Bonchev–Trinajstić information content (AvgIpc) is 3.52. The van der Waals surface area contributed by atoms with Gasteiger partial charge in [-0.05, 0) is 61.9 Å². The first-order chi connectivity index (χ1) is 14.3. The minimum Gasteiger partial charge on any atom is -0.347 e. The molecule has 0 unspecified atom stereocenters. The largest absolute Gasteiger partial charge is 0.347 e. The van der Waals surface area contributed by atoms with Crippen LogP contribution in [0.2, 0.25) is 0 Å². The molecular formula is C23H26N4O3. The number of aryl methyl sites for hydroxylation is 1. The number of imide groups is 1. The van der Waals surface area contributed by atoms with Gasteiger partial charge in [0.1, 0.15) is 5.69 Å². The second kappa shape index (κ2) is 7.63. The third-order valence-corrected chi connectivity index (χ3v) is 6.26. The molecule has 7 nitrogen and oxygen atoms in total. The van der Waals surface area contributed by atoms with Crippen molar-refractivity contribution in [3.63, 3.8) is 0 Å². The molecule has 2 aromatic heterocycles. The molecule has 2 aliphatic rings. The standard InChI is InChI=1S/C23H26N4O3/c1-13-8-15(9-19(26-13)16-4-5-16)11-25-21(29)18-7-6-17(12-24-18)14(2)23(3)10-20(28)27-22(23)30/h6-9,12,14,16H,4-5,10-11H2,1-3H3,(H,25,29)(H,27,28,30)/t14-,23+/m1/s1. The number of nitrogens with zero attached hydrogens (tertiary/aromatic N) is 2. The summed E-state index contributed by atoms with van der Waals surface area (Å²) in [5.74, 6) is -0.407. The third-order valence-electron chi connectivity index (χ3n) is 6.26. The molecule has 2 N–H and O–H groups in total. The van der Waals surface area contributed by atoms with Crippen molar-refractivity contribution in [2.24, 2.45) is 5.41 Å². The Morgan fingerprint density at radius 1 is 1.30 bits per heavy atom. The number of amides is 3. The van der Waals surface area contributed by atoms with Gasteiger partial charge in [-0.1, -0.05) is 13.0 Å². The molecule has 1 saturated carbocycles. The van der Waals surface area contributed by atoms with E-state index in [1.165, 1.54) is 12.8 Å². The number of carbonyl (C=O) groups is 3. The first-order valence-electron chi connectivity index (χ1n) is 10.3. The zero-order valence-corrected chi connectivity index (χ0v) is 17.5. The lowest BCUT2D eigenvalue weighted by atomic mass is 9.73. The molecule has 2 fully saturated rings. The van der Waals surface area contributed by atoms with Crippen molar-refractivity contribution < 1.29 is 14.4 Å². The van der Waals surface area contributed by atoms with Crippen LogP contribution < -0.4 is 10.6 Å². The van der Waals surface area contributed by atoms with Crippen molar-refractivity contribution in [2.75, 3.05) is 0 Å². The van der Waals surface area contributed by atoms with Gasteiger partial charge in [0.05, 0.1) is 5.41 Å². The molecule has 7 heteroatoms. The fourth-order valence-corrected chi connectivity index (χ4v) is 3.97. The Morgan fingerprint density at radius 3 is 2.67 bits per heavy atom. The van der Waals surface area contributed by atoms with Crippen LogP contribution in [0.15, 0.2) is 30.5 Å². The van der Waals surface area contributed by atoms with Gasteiger partial charge in [-0.25, -0.2) is 0 Å². The highest BCUT2D eigenvalue weighted by molar-refractivity contribution is 6.06. The second-order valence-corrected chi connectivity index (χ2v) is 8.67. The van der Waals surface area contributed by atoms with Crippen molar-refractivity contribution in [3.8, 4) is 0 Å². The highest BCUT2D eigenvalue weighted by Crippen LogP contribution is 2.41. The van der Waals surface area contributed by atoms with Gasteiger partial charge < -0.3 is 5.32 Å². The maximum absolute atomic E-state index is 12.5. The Labute approximate surface area is 175 Å². The second-order valence-electron chi connectivity index (χ2n) is 8.67. The number of carbonyl (C=O) groups excluding carboxylic acids is 3. The average molecular weight is 406 g/mol. The van der Waals surface area contributed by atoms with E-state index in [1.54, 1.807) is 25.3 Å². The van der Waals surface area contributed by atoms with Crippen LogP contribution in [0.1, 0.15) is 77.9 Å². The fraction of sp³-hybridized carbons (Fsp3) is 0.435. The summed E-state index contributed by atoms with van der Waals surface area (Å²) in [6, 6.07) is 7.51. The molecule has 156 valence electrons. The maximum atomic E-state index is 12.5. The monoisotopic (exact) mass is 406 g/mol. The zero-order chi connectivity index (χ0) is 21.5. The molecule has 30 heavy (non-hydrogen) atoms. The molecule has 4 rings (SSSR count).